The molecule has 8 nitrogen and oxygen atoms in total. The molecule has 0 unspecified atom stereocenters. The lowest BCUT2D eigenvalue weighted by Gasteiger charge is -2.13. The number of ether oxygens (including phenoxy) is 2. The maximum absolute atomic E-state index is 5.04. The van der Waals surface area contributed by atoms with Crippen LogP contribution < -0.4 is 5.32 Å². The molecule has 2 heterocycles. The molecule has 0 amide bonds. The van der Waals surface area contributed by atoms with E-state index in [1.807, 2.05) is 0 Å². The Labute approximate surface area is 91.4 Å². The summed E-state index contributed by atoms with van der Waals surface area (Å²) in [6.07, 6.45) is 1.20. The van der Waals surface area contributed by atoms with Gasteiger partial charge in [0.15, 0.2) is 12.1 Å². The molecular weight excluding hydrogens is 212 g/mol. The van der Waals surface area contributed by atoms with Gasteiger partial charge in [-0.15, -0.1) is 10.2 Å². The topological polar surface area (TPSA) is 97.8 Å². The van der Waals surface area contributed by atoms with E-state index in [-0.39, 0.29) is 6.29 Å². The summed E-state index contributed by atoms with van der Waals surface area (Å²) < 4.78 is 10.1. The predicted octanol–water partition coefficient (Wildman–Crippen LogP) is -0.221. The van der Waals surface area contributed by atoms with Crippen LogP contribution in [0.1, 0.15) is 0 Å². The number of nitrogens with zero attached hydrogens (tertiary/aromatic N) is 4. The normalized spacial score (nSPS) is 11.2. The fourth-order valence-corrected chi connectivity index (χ4v) is 1.26. The van der Waals surface area contributed by atoms with Gasteiger partial charge in [0.1, 0.15) is 5.52 Å². The number of rotatable bonds is 5. The van der Waals surface area contributed by atoms with E-state index < -0.39 is 0 Å². The summed E-state index contributed by atoms with van der Waals surface area (Å²) in [6, 6.07) is 0. The second kappa shape index (κ2) is 4.81. The van der Waals surface area contributed by atoms with E-state index in [9.17, 15) is 0 Å². The highest BCUT2D eigenvalue weighted by atomic mass is 16.7. The van der Waals surface area contributed by atoms with Gasteiger partial charge in [0.25, 0.3) is 0 Å². The lowest BCUT2D eigenvalue weighted by Crippen LogP contribution is -2.24. The minimum Gasteiger partial charge on any atom is -0.362 e. The molecule has 0 radical (unpaired) electrons. The Morgan fingerprint density at radius 3 is 2.94 bits per heavy atom. The number of nitrogens with one attached hydrogen (secondary N) is 2. The van der Waals surface area contributed by atoms with Crippen LogP contribution in [0.5, 0.6) is 0 Å². The van der Waals surface area contributed by atoms with Crippen LogP contribution in [0.25, 0.3) is 11.2 Å². The van der Waals surface area contributed by atoms with Crippen molar-refractivity contribution in [1.29, 1.82) is 0 Å². The summed E-state index contributed by atoms with van der Waals surface area (Å²) >= 11 is 0. The quantitative estimate of drug-likeness (QED) is 0.677. The summed E-state index contributed by atoms with van der Waals surface area (Å²) in [4.78, 5) is 6.90. The number of imidazole rings is 1. The number of anilines is 1. The number of aromatic amines is 1. The van der Waals surface area contributed by atoms with E-state index in [0.29, 0.717) is 23.5 Å². The molecule has 86 valence electrons. The molecule has 2 aromatic heterocycles. The molecule has 0 fully saturated rings. The fourth-order valence-electron chi connectivity index (χ4n) is 1.26. The van der Waals surface area contributed by atoms with Gasteiger partial charge in [0.2, 0.25) is 5.65 Å². The number of hydrogen-bond donors (Lipinski definition) is 2. The Morgan fingerprint density at radius 2 is 2.19 bits per heavy atom. The molecule has 0 bridgehead atoms. The highest BCUT2D eigenvalue weighted by Gasteiger charge is 2.09. The average molecular weight is 224 g/mol. The molecule has 16 heavy (non-hydrogen) atoms. The van der Waals surface area contributed by atoms with Gasteiger partial charge in [-0.2, -0.15) is 0 Å². The molecule has 0 saturated heterocycles. The average Bonchev–Trinajstić information content (AvgIpc) is 2.79. The lowest BCUT2D eigenvalue weighted by molar-refractivity contribution is -0.0914. The predicted molar refractivity (Wildman–Crippen MR) is 55.8 cm³/mol. The SMILES string of the molecule is COC(CNc1nnnc2nc[nH]c12)OC. The summed E-state index contributed by atoms with van der Waals surface area (Å²) in [5, 5.41) is 14.3. The zero-order chi connectivity index (χ0) is 11.4. The molecule has 0 aliphatic heterocycles. The largest absolute Gasteiger partial charge is 0.362 e. The zero-order valence-electron chi connectivity index (χ0n) is 8.97. The van der Waals surface area contributed by atoms with Crippen LogP contribution in [0.3, 0.4) is 0 Å². The maximum Gasteiger partial charge on any atom is 0.205 e. The molecule has 0 aliphatic rings. The molecule has 0 spiro atoms. The van der Waals surface area contributed by atoms with Gasteiger partial charge in [-0.25, -0.2) is 4.98 Å². The van der Waals surface area contributed by atoms with Crippen molar-refractivity contribution in [1.82, 2.24) is 25.4 Å². The zero-order valence-corrected chi connectivity index (χ0v) is 8.97. The van der Waals surface area contributed by atoms with E-state index in [1.165, 1.54) is 6.33 Å². The van der Waals surface area contributed by atoms with E-state index in [1.54, 1.807) is 14.2 Å². The Balaban J connectivity index is 2.11. The molecular formula is C8H12N6O2. The van der Waals surface area contributed by atoms with Crippen molar-refractivity contribution in [3.8, 4) is 0 Å². The van der Waals surface area contributed by atoms with Crippen molar-refractivity contribution in [2.24, 2.45) is 0 Å². The highest BCUT2D eigenvalue weighted by molar-refractivity contribution is 5.81. The van der Waals surface area contributed by atoms with Crippen LogP contribution in [0.15, 0.2) is 6.33 Å². The van der Waals surface area contributed by atoms with Crippen molar-refractivity contribution in [3.05, 3.63) is 6.33 Å². The number of H-pyrrole nitrogens is 1. The fraction of sp³-hybridized carbons (Fsp3) is 0.500. The van der Waals surface area contributed by atoms with Gasteiger partial charge in [0, 0.05) is 14.2 Å². The Hall–Kier alpha value is -1.80. The first kappa shape index (κ1) is 10.7. The van der Waals surface area contributed by atoms with Crippen LogP contribution in [0.4, 0.5) is 5.82 Å². The van der Waals surface area contributed by atoms with E-state index in [2.05, 4.69) is 30.7 Å². The number of aromatic nitrogens is 5. The highest BCUT2D eigenvalue weighted by Crippen LogP contribution is 2.13. The second-order valence-corrected chi connectivity index (χ2v) is 3.02. The first-order valence-electron chi connectivity index (χ1n) is 4.67. The molecule has 0 saturated carbocycles. The molecule has 2 N–H and O–H groups in total. The van der Waals surface area contributed by atoms with Gasteiger partial charge >= 0.3 is 0 Å². The summed E-state index contributed by atoms with van der Waals surface area (Å²) in [5.41, 5.74) is 1.23. The Kier molecular flexibility index (Phi) is 3.22. The first-order valence-corrected chi connectivity index (χ1v) is 4.67. The lowest BCUT2D eigenvalue weighted by atomic mass is 10.5. The van der Waals surface area contributed by atoms with E-state index in [4.69, 9.17) is 9.47 Å². The van der Waals surface area contributed by atoms with Gasteiger partial charge in [-0.3, -0.25) is 0 Å². The number of hydrogen-bond acceptors (Lipinski definition) is 7. The van der Waals surface area contributed by atoms with Crippen LogP contribution in [0, 0.1) is 0 Å². The summed E-state index contributed by atoms with van der Waals surface area (Å²) in [6.45, 7) is 0.458. The molecule has 2 aromatic rings. The first-order chi connectivity index (χ1) is 7.85. The van der Waals surface area contributed by atoms with E-state index in [0.717, 1.165) is 0 Å². The number of fused-ring (bicyclic) bond motifs is 1. The minimum absolute atomic E-state index is 0.340. The van der Waals surface area contributed by atoms with Crippen molar-refractivity contribution in [2.75, 3.05) is 26.1 Å². The van der Waals surface area contributed by atoms with Crippen molar-refractivity contribution in [3.63, 3.8) is 0 Å². The number of methoxy groups -OCH3 is 2. The standard InChI is InChI=1S/C8H12N6O2/c1-15-5(16-2)3-9-7-6-8(11-4-10-6)13-14-12-7/h4-5H,3H2,1-2H3,(H2,9,10,11,12,13). The third kappa shape index (κ3) is 2.07. The molecule has 8 heteroatoms. The molecule has 0 aliphatic carbocycles. The van der Waals surface area contributed by atoms with Gasteiger partial charge in [0.05, 0.1) is 12.9 Å². The maximum atomic E-state index is 5.04. The van der Waals surface area contributed by atoms with Gasteiger partial charge < -0.3 is 19.8 Å². The van der Waals surface area contributed by atoms with Crippen LogP contribution in [-0.2, 0) is 9.47 Å². The van der Waals surface area contributed by atoms with E-state index >= 15 is 0 Å². The Bertz CT molecular complexity index is 454. The van der Waals surface area contributed by atoms with Gasteiger partial charge in [-0.05, 0) is 5.21 Å². The van der Waals surface area contributed by atoms with Crippen molar-refractivity contribution in [2.45, 2.75) is 6.29 Å². The van der Waals surface area contributed by atoms with Crippen LogP contribution in [-0.4, -0.2) is 52.4 Å². The van der Waals surface area contributed by atoms with Crippen LogP contribution >= 0.6 is 0 Å². The molecule has 0 atom stereocenters. The van der Waals surface area contributed by atoms with Gasteiger partial charge in [-0.1, -0.05) is 0 Å². The smallest absolute Gasteiger partial charge is 0.205 e. The summed E-state index contributed by atoms with van der Waals surface area (Å²) in [7, 11) is 3.14. The Morgan fingerprint density at radius 1 is 1.38 bits per heavy atom. The van der Waals surface area contributed by atoms with Crippen molar-refractivity contribution < 1.29 is 9.47 Å². The molecule has 2 rings (SSSR count). The summed E-state index contributed by atoms with van der Waals surface area (Å²) in [5.74, 6) is 0.571. The third-order valence-corrected chi connectivity index (χ3v) is 2.10. The van der Waals surface area contributed by atoms with Crippen LogP contribution in [0.2, 0.25) is 0 Å². The monoisotopic (exact) mass is 224 g/mol. The third-order valence-electron chi connectivity index (χ3n) is 2.10. The molecule has 0 aromatic carbocycles. The minimum atomic E-state index is -0.340. The second-order valence-electron chi connectivity index (χ2n) is 3.02. The van der Waals surface area contributed by atoms with Crippen molar-refractivity contribution >= 4 is 17.0 Å².